The van der Waals surface area contributed by atoms with Gasteiger partial charge in [-0.1, -0.05) is 11.3 Å². The Morgan fingerprint density at radius 3 is 3.00 bits per heavy atom. The lowest BCUT2D eigenvalue weighted by Gasteiger charge is -2.16. The van der Waals surface area contributed by atoms with Crippen molar-refractivity contribution in [2.45, 2.75) is 19.4 Å². The highest BCUT2D eigenvalue weighted by Gasteiger charge is 2.24. The molecule has 1 atom stereocenters. The number of carbonyl (C=O) groups is 1. The maximum atomic E-state index is 11.0. The van der Waals surface area contributed by atoms with Gasteiger partial charge in [-0.05, 0) is 18.6 Å². The number of hydrogen-bond donors (Lipinski definition) is 2. The number of rotatable bonds is 4. The molecule has 0 radical (unpaired) electrons. The number of hydrogen-bond acceptors (Lipinski definition) is 8. The van der Waals surface area contributed by atoms with Gasteiger partial charge in [-0.25, -0.2) is 0 Å². The zero-order valence-corrected chi connectivity index (χ0v) is 12.3. The standard InChI is InChI=1S/C12H15N7OS/c1-8(20)14-11-17-18-12(21-11)15-9-4-6-19(7-9)10-3-2-5-13-16-10/h2-3,5,9H,4,6-7H2,1H3,(H,15,18)(H,14,17,20)/t9-/m1/s1. The lowest BCUT2D eigenvalue weighted by molar-refractivity contribution is -0.114. The van der Waals surface area contributed by atoms with Gasteiger partial charge in [-0.2, -0.15) is 5.10 Å². The van der Waals surface area contributed by atoms with Gasteiger partial charge >= 0.3 is 0 Å². The van der Waals surface area contributed by atoms with Gasteiger partial charge in [-0.15, -0.1) is 15.3 Å². The van der Waals surface area contributed by atoms with E-state index in [9.17, 15) is 4.79 Å². The highest BCUT2D eigenvalue weighted by Crippen LogP contribution is 2.24. The van der Waals surface area contributed by atoms with Crippen LogP contribution >= 0.6 is 11.3 Å². The molecule has 0 aliphatic carbocycles. The molecule has 8 nitrogen and oxygen atoms in total. The van der Waals surface area contributed by atoms with E-state index in [2.05, 4.69) is 35.9 Å². The first-order valence-corrected chi connectivity index (χ1v) is 7.42. The number of carbonyl (C=O) groups excluding carboxylic acids is 1. The van der Waals surface area contributed by atoms with Gasteiger partial charge in [0.1, 0.15) is 0 Å². The molecule has 0 bridgehead atoms. The van der Waals surface area contributed by atoms with Crippen LogP contribution in [0.15, 0.2) is 18.3 Å². The van der Waals surface area contributed by atoms with Crippen LogP contribution in [0.4, 0.5) is 16.1 Å². The van der Waals surface area contributed by atoms with Crippen molar-refractivity contribution in [3.63, 3.8) is 0 Å². The number of nitrogens with one attached hydrogen (secondary N) is 2. The van der Waals surface area contributed by atoms with E-state index in [1.807, 2.05) is 12.1 Å². The van der Waals surface area contributed by atoms with E-state index in [1.165, 1.54) is 18.3 Å². The van der Waals surface area contributed by atoms with Gasteiger partial charge in [0.25, 0.3) is 0 Å². The largest absolute Gasteiger partial charge is 0.355 e. The van der Waals surface area contributed by atoms with Crippen LogP contribution in [0.2, 0.25) is 0 Å². The van der Waals surface area contributed by atoms with E-state index in [0.717, 1.165) is 25.3 Å². The van der Waals surface area contributed by atoms with E-state index in [0.29, 0.717) is 10.3 Å². The molecule has 0 spiro atoms. The topological polar surface area (TPSA) is 95.9 Å². The van der Waals surface area contributed by atoms with Crippen LogP contribution < -0.4 is 15.5 Å². The Morgan fingerprint density at radius 1 is 1.38 bits per heavy atom. The second-order valence-corrected chi connectivity index (χ2v) is 5.73. The van der Waals surface area contributed by atoms with Crippen LogP contribution in [0, 0.1) is 0 Å². The molecule has 1 fully saturated rings. The zero-order chi connectivity index (χ0) is 14.7. The van der Waals surface area contributed by atoms with Gasteiger partial charge in [0, 0.05) is 32.3 Å². The van der Waals surface area contributed by atoms with Crippen LogP contribution in [0.3, 0.4) is 0 Å². The van der Waals surface area contributed by atoms with Gasteiger partial charge < -0.3 is 15.5 Å². The van der Waals surface area contributed by atoms with Crippen molar-refractivity contribution < 1.29 is 4.79 Å². The summed E-state index contributed by atoms with van der Waals surface area (Å²) in [5.41, 5.74) is 0. The fourth-order valence-corrected chi connectivity index (χ4v) is 2.97. The fraction of sp³-hybridized carbons (Fsp3) is 0.417. The van der Waals surface area contributed by atoms with Crippen LogP contribution in [-0.4, -0.2) is 45.4 Å². The summed E-state index contributed by atoms with van der Waals surface area (Å²) in [6.45, 7) is 3.21. The molecule has 1 aliphatic rings. The number of anilines is 3. The molecule has 110 valence electrons. The van der Waals surface area contributed by atoms with Crippen molar-refractivity contribution in [1.29, 1.82) is 0 Å². The zero-order valence-electron chi connectivity index (χ0n) is 11.5. The third-order valence-corrected chi connectivity index (χ3v) is 3.88. The van der Waals surface area contributed by atoms with Crippen molar-refractivity contribution in [2.24, 2.45) is 0 Å². The third kappa shape index (κ3) is 3.43. The summed E-state index contributed by atoms with van der Waals surface area (Å²) >= 11 is 1.33. The number of aromatic nitrogens is 4. The fourth-order valence-electron chi connectivity index (χ4n) is 2.21. The molecule has 21 heavy (non-hydrogen) atoms. The molecule has 1 saturated heterocycles. The van der Waals surface area contributed by atoms with E-state index in [4.69, 9.17) is 0 Å². The van der Waals surface area contributed by atoms with Crippen molar-refractivity contribution >= 4 is 33.3 Å². The van der Waals surface area contributed by atoms with Crippen LogP contribution in [-0.2, 0) is 4.79 Å². The Morgan fingerprint density at radius 2 is 2.24 bits per heavy atom. The Balaban J connectivity index is 1.57. The number of nitrogens with zero attached hydrogens (tertiary/aromatic N) is 5. The molecule has 2 aromatic heterocycles. The molecule has 1 aliphatic heterocycles. The minimum absolute atomic E-state index is 0.146. The van der Waals surface area contributed by atoms with Crippen molar-refractivity contribution in [2.75, 3.05) is 28.6 Å². The van der Waals surface area contributed by atoms with Crippen molar-refractivity contribution in [3.05, 3.63) is 18.3 Å². The van der Waals surface area contributed by atoms with Gasteiger partial charge in [-0.3, -0.25) is 4.79 Å². The Kier molecular flexibility index (Phi) is 3.91. The van der Waals surface area contributed by atoms with Crippen molar-refractivity contribution in [3.8, 4) is 0 Å². The maximum absolute atomic E-state index is 11.0. The first-order valence-electron chi connectivity index (χ1n) is 6.61. The highest BCUT2D eigenvalue weighted by molar-refractivity contribution is 7.19. The summed E-state index contributed by atoms with van der Waals surface area (Å²) < 4.78 is 0. The van der Waals surface area contributed by atoms with Gasteiger partial charge in [0.05, 0.1) is 0 Å². The smallest absolute Gasteiger partial charge is 0.223 e. The predicted octanol–water partition coefficient (Wildman–Crippen LogP) is 0.977. The van der Waals surface area contributed by atoms with E-state index < -0.39 is 0 Å². The summed E-state index contributed by atoms with van der Waals surface area (Å²) in [5.74, 6) is 0.741. The molecular formula is C12H15N7OS. The van der Waals surface area contributed by atoms with Crippen LogP contribution in [0.25, 0.3) is 0 Å². The van der Waals surface area contributed by atoms with E-state index in [-0.39, 0.29) is 11.9 Å². The molecule has 0 saturated carbocycles. The number of amides is 1. The average molecular weight is 305 g/mol. The summed E-state index contributed by atoms with van der Waals surface area (Å²) in [5, 5.41) is 23.1. The van der Waals surface area contributed by atoms with E-state index in [1.54, 1.807) is 6.20 Å². The molecule has 9 heteroatoms. The SMILES string of the molecule is CC(=O)Nc1nnc(N[C@@H]2CCN(c3cccnn3)C2)s1. The summed E-state index contributed by atoms with van der Waals surface area (Å²) in [6.07, 6.45) is 2.66. The normalized spacial score (nSPS) is 17.8. The molecule has 0 aromatic carbocycles. The summed E-state index contributed by atoms with van der Waals surface area (Å²) in [6, 6.07) is 4.12. The molecule has 2 aromatic rings. The molecule has 3 heterocycles. The summed E-state index contributed by atoms with van der Waals surface area (Å²) in [7, 11) is 0. The van der Waals surface area contributed by atoms with Crippen LogP contribution in [0.5, 0.6) is 0 Å². The van der Waals surface area contributed by atoms with Gasteiger partial charge in [0.15, 0.2) is 5.82 Å². The second-order valence-electron chi connectivity index (χ2n) is 4.75. The molecule has 1 amide bonds. The second kappa shape index (κ2) is 6.00. The Labute approximate surface area is 125 Å². The molecule has 0 unspecified atom stereocenters. The predicted molar refractivity (Wildman–Crippen MR) is 80.5 cm³/mol. The minimum atomic E-state index is -0.146. The summed E-state index contributed by atoms with van der Waals surface area (Å²) in [4.78, 5) is 13.1. The lowest BCUT2D eigenvalue weighted by Crippen LogP contribution is -2.26. The monoisotopic (exact) mass is 305 g/mol. The first kappa shape index (κ1) is 13.7. The average Bonchev–Trinajstić information content (AvgIpc) is 3.09. The molecule has 3 rings (SSSR count). The third-order valence-electron chi connectivity index (χ3n) is 3.11. The van der Waals surface area contributed by atoms with Gasteiger partial charge in [0.2, 0.25) is 16.2 Å². The maximum Gasteiger partial charge on any atom is 0.223 e. The minimum Gasteiger partial charge on any atom is -0.355 e. The van der Waals surface area contributed by atoms with Crippen molar-refractivity contribution in [1.82, 2.24) is 20.4 Å². The Bertz CT molecular complexity index is 617. The lowest BCUT2D eigenvalue weighted by atomic mass is 10.3. The first-order chi connectivity index (χ1) is 10.2. The Hall–Kier alpha value is -2.29. The quantitative estimate of drug-likeness (QED) is 0.869. The van der Waals surface area contributed by atoms with Crippen LogP contribution in [0.1, 0.15) is 13.3 Å². The van der Waals surface area contributed by atoms with E-state index >= 15 is 0 Å². The molecular weight excluding hydrogens is 290 g/mol. The molecule has 2 N–H and O–H groups in total. The highest BCUT2D eigenvalue weighted by atomic mass is 32.1.